The minimum Gasteiger partial charge on any atom is -0.350 e. The van der Waals surface area contributed by atoms with E-state index in [4.69, 9.17) is 16.1 Å². The lowest BCUT2D eigenvalue weighted by atomic mass is 10.1. The van der Waals surface area contributed by atoms with Gasteiger partial charge < -0.3 is 9.84 Å². The van der Waals surface area contributed by atoms with Gasteiger partial charge in [0, 0.05) is 30.4 Å². The van der Waals surface area contributed by atoms with E-state index in [0.717, 1.165) is 22.5 Å². The van der Waals surface area contributed by atoms with Crippen molar-refractivity contribution in [1.82, 2.24) is 20.3 Å². The summed E-state index contributed by atoms with van der Waals surface area (Å²) in [6.45, 7) is 5.95. The Labute approximate surface area is 157 Å². The number of aryl methyl sites for hydroxylation is 2. The predicted octanol–water partition coefficient (Wildman–Crippen LogP) is 3.71. The molecule has 1 N–H and O–H groups in total. The molecule has 0 saturated heterocycles. The number of carbonyl (C=O) groups excluding carboxylic acids is 1. The third-order valence-corrected chi connectivity index (χ3v) is 4.76. The molecule has 0 aliphatic rings. The van der Waals surface area contributed by atoms with Gasteiger partial charge in [-0.05, 0) is 38.8 Å². The maximum absolute atomic E-state index is 12.5. The Balaban J connectivity index is 1.69. The first kappa shape index (κ1) is 18.2. The summed E-state index contributed by atoms with van der Waals surface area (Å²) < 4.78 is 7.05. The molecule has 136 valence electrons. The molecular weight excluding hydrogens is 352 g/mol. The van der Waals surface area contributed by atoms with Gasteiger partial charge in [-0.3, -0.25) is 9.48 Å². The molecule has 1 aromatic carbocycles. The molecular formula is C19H21ClN4O2. The predicted molar refractivity (Wildman–Crippen MR) is 100 cm³/mol. The Kier molecular flexibility index (Phi) is 5.13. The van der Waals surface area contributed by atoms with Crippen molar-refractivity contribution in [3.05, 3.63) is 58.1 Å². The highest BCUT2D eigenvalue weighted by atomic mass is 35.5. The average Bonchev–Trinajstić information content (AvgIpc) is 3.17. The van der Waals surface area contributed by atoms with E-state index in [1.165, 1.54) is 0 Å². The van der Waals surface area contributed by atoms with E-state index < -0.39 is 0 Å². The van der Waals surface area contributed by atoms with Gasteiger partial charge in [-0.2, -0.15) is 5.10 Å². The van der Waals surface area contributed by atoms with Crippen LogP contribution < -0.4 is 5.32 Å². The van der Waals surface area contributed by atoms with E-state index in [0.29, 0.717) is 17.1 Å². The summed E-state index contributed by atoms with van der Waals surface area (Å²) in [5.41, 5.74) is 4.49. The van der Waals surface area contributed by atoms with Gasteiger partial charge in [0.25, 0.3) is 5.91 Å². The van der Waals surface area contributed by atoms with Gasteiger partial charge in [0.2, 0.25) is 5.76 Å². The molecule has 0 spiro atoms. The lowest BCUT2D eigenvalue weighted by molar-refractivity contribution is 0.0903. The molecule has 1 amide bonds. The van der Waals surface area contributed by atoms with Gasteiger partial charge in [0.1, 0.15) is 5.69 Å². The second kappa shape index (κ2) is 7.33. The standard InChI is InChI=1S/C19H21ClN4O2/c1-11(9-15-12(2)22-24(4)13(15)3)21-19(25)18-10-17(23-26-18)14-7-5-6-8-16(14)20/h5-8,10-11H,9H2,1-4H3,(H,21,25). The molecule has 6 nitrogen and oxygen atoms in total. The van der Waals surface area contributed by atoms with Crippen LogP contribution in [0.5, 0.6) is 0 Å². The molecule has 3 aromatic rings. The van der Waals surface area contributed by atoms with Crippen LogP contribution in [0.15, 0.2) is 34.9 Å². The monoisotopic (exact) mass is 372 g/mol. The highest BCUT2D eigenvalue weighted by Crippen LogP contribution is 2.27. The summed E-state index contributed by atoms with van der Waals surface area (Å²) in [6, 6.07) is 8.83. The number of benzene rings is 1. The summed E-state index contributed by atoms with van der Waals surface area (Å²) in [6.07, 6.45) is 0.697. The van der Waals surface area contributed by atoms with Crippen molar-refractivity contribution >= 4 is 17.5 Å². The highest BCUT2D eigenvalue weighted by Gasteiger charge is 2.19. The minimum atomic E-state index is -0.303. The first-order chi connectivity index (χ1) is 12.4. The largest absolute Gasteiger partial charge is 0.350 e. The van der Waals surface area contributed by atoms with Crippen LogP contribution in [0.3, 0.4) is 0 Å². The summed E-state index contributed by atoms with van der Waals surface area (Å²) in [5, 5.41) is 11.9. The summed E-state index contributed by atoms with van der Waals surface area (Å²) in [4.78, 5) is 12.5. The van der Waals surface area contributed by atoms with Gasteiger partial charge >= 0.3 is 0 Å². The van der Waals surface area contributed by atoms with Crippen molar-refractivity contribution in [3.63, 3.8) is 0 Å². The third kappa shape index (κ3) is 3.65. The van der Waals surface area contributed by atoms with Crippen LogP contribution in [0, 0.1) is 13.8 Å². The van der Waals surface area contributed by atoms with E-state index in [1.807, 2.05) is 50.7 Å². The number of carbonyl (C=O) groups is 1. The Morgan fingerprint density at radius 1 is 1.35 bits per heavy atom. The molecule has 1 atom stereocenters. The molecule has 0 radical (unpaired) electrons. The molecule has 2 heterocycles. The Hall–Kier alpha value is -2.60. The molecule has 7 heteroatoms. The normalized spacial score (nSPS) is 12.2. The smallest absolute Gasteiger partial charge is 0.290 e. The molecule has 0 aliphatic heterocycles. The van der Waals surface area contributed by atoms with Gasteiger partial charge in [0.05, 0.1) is 10.7 Å². The number of nitrogens with one attached hydrogen (secondary N) is 1. The Bertz CT molecular complexity index is 945. The Morgan fingerprint density at radius 2 is 2.08 bits per heavy atom. The number of nitrogens with zero attached hydrogens (tertiary/aromatic N) is 3. The second-order valence-electron chi connectivity index (χ2n) is 6.41. The van der Waals surface area contributed by atoms with Gasteiger partial charge in [-0.15, -0.1) is 0 Å². The van der Waals surface area contributed by atoms with Gasteiger partial charge in [-0.1, -0.05) is 35.0 Å². The number of hydrogen-bond acceptors (Lipinski definition) is 4. The van der Waals surface area contributed by atoms with Crippen molar-refractivity contribution in [3.8, 4) is 11.3 Å². The summed E-state index contributed by atoms with van der Waals surface area (Å²) in [5.74, 6) is -0.145. The van der Waals surface area contributed by atoms with Crippen molar-refractivity contribution in [1.29, 1.82) is 0 Å². The van der Waals surface area contributed by atoms with Crippen LogP contribution in [0.2, 0.25) is 5.02 Å². The average molecular weight is 373 g/mol. The Morgan fingerprint density at radius 3 is 2.73 bits per heavy atom. The van der Waals surface area contributed by atoms with Crippen molar-refractivity contribution in [2.75, 3.05) is 0 Å². The maximum Gasteiger partial charge on any atom is 0.290 e. The summed E-state index contributed by atoms with van der Waals surface area (Å²) >= 11 is 6.16. The number of rotatable bonds is 5. The lowest BCUT2D eigenvalue weighted by Crippen LogP contribution is -2.34. The van der Waals surface area contributed by atoms with Gasteiger partial charge in [-0.25, -0.2) is 0 Å². The molecule has 0 saturated carbocycles. The minimum absolute atomic E-state index is 0.0713. The zero-order valence-electron chi connectivity index (χ0n) is 15.2. The van der Waals surface area contributed by atoms with Crippen LogP contribution in [0.25, 0.3) is 11.3 Å². The molecule has 26 heavy (non-hydrogen) atoms. The first-order valence-corrected chi connectivity index (χ1v) is 8.76. The van der Waals surface area contributed by atoms with Gasteiger partial charge in [0.15, 0.2) is 0 Å². The molecule has 2 aromatic heterocycles. The fraction of sp³-hybridized carbons (Fsp3) is 0.316. The van der Waals surface area contributed by atoms with E-state index >= 15 is 0 Å². The maximum atomic E-state index is 12.5. The number of amides is 1. The molecule has 0 bridgehead atoms. The lowest BCUT2D eigenvalue weighted by Gasteiger charge is -2.13. The summed E-state index contributed by atoms with van der Waals surface area (Å²) in [7, 11) is 1.92. The van der Waals surface area contributed by atoms with Crippen LogP contribution >= 0.6 is 11.6 Å². The van der Waals surface area contributed by atoms with E-state index in [1.54, 1.807) is 12.1 Å². The molecule has 0 fully saturated rings. The number of hydrogen-bond donors (Lipinski definition) is 1. The van der Waals surface area contributed by atoms with Crippen LogP contribution in [-0.2, 0) is 13.5 Å². The number of halogens is 1. The van der Waals surface area contributed by atoms with Crippen molar-refractivity contribution < 1.29 is 9.32 Å². The second-order valence-corrected chi connectivity index (χ2v) is 6.82. The zero-order chi connectivity index (χ0) is 18.8. The van der Waals surface area contributed by atoms with Crippen LogP contribution in [0.4, 0.5) is 0 Å². The fourth-order valence-corrected chi connectivity index (χ4v) is 3.18. The topological polar surface area (TPSA) is 73.0 Å². The zero-order valence-corrected chi connectivity index (χ0v) is 16.0. The fourth-order valence-electron chi connectivity index (χ4n) is 2.94. The molecule has 3 rings (SSSR count). The highest BCUT2D eigenvalue weighted by molar-refractivity contribution is 6.33. The molecule has 0 aliphatic carbocycles. The van der Waals surface area contributed by atoms with E-state index in [-0.39, 0.29) is 17.7 Å². The quantitative estimate of drug-likeness (QED) is 0.741. The van der Waals surface area contributed by atoms with E-state index in [2.05, 4.69) is 15.6 Å². The van der Waals surface area contributed by atoms with Crippen LogP contribution in [-0.4, -0.2) is 26.9 Å². The SMILES string of the molecule is Cc1nn(C)c(C)c1CC(C)NC(=O)c1cc(-c2ccccc2Cl)no1. The number of aromatic nitrogens is 3. The van der Waals surface area contributed by atoms with E-state index in [9.17, 15) is 4.79 Å². The van der Waals surface area contributed by atoms with Crippen LogP contribution in [0.1, 0.15) is 34.4 Å². The van der Waals surface area contributed by atoms with Crippen molar-refractivity contribution in [2.45, 2.75) is 33.2 Å². The first-order valence-electron chi connectivity index (χ1n) is 8.38. The molecule has 1 unspecified atom stereocenters. The third-order valence-electron chi connectivity index (χ3n) is 4.43. The van der Waals surface area contributed by atoms with Crippen molar-refractivity contribution in [2.24, 2.45) is 7.05 Å².